The van der Waals surface area contributed by atoms with E-state index in [9.17, 15) is 18.3 Å². The van der Waals surface area contributed by atoms with Crippen LogP contribution < -0.4 is 4.72 Å². The fraction of sp³-hybridized carbons (Fsp3) is 0.320. The van der Waals surface area contributed by atoms with Gasteiger partial charge in [-0.15, -0.1) is 0 Å². The third-order valence-electron chi connectivity index (χ3n) is 5.43. The second-order valence-electron chi connectivity index (χ2n) is 8.13. The minimum atomic E-state index is -3.37. The Balaban J connectivity index is 1.61. The van der Waals surface area contributed by atoms with Gasteiger partial charge in [-0.25, -0.2) is 13.2 Å². The van der Waals surface area contributed by atoms with E-state index in [4.69, 9.17) is 0 Å². The Morgan fingerprint density at radius 1 is 0.935 bits per heavy atom. The molecular formula is C25H29NO4S. The lowest BCUT2D eigenvalue weighted by Gasteiger charge is -2.08. The highest BCUT2D eigenvalue weighted by Gasteiger charge is 2.19. The van der Waals surface area contributed by atoms with Crippen LogP contribution in [0.3, 0.4) is 0 Å². The number of para-hydroxylation sites is 1. The summed E-state index contributed by atoms with van der Waals surface area (Å²) in [5, 5.41) is 9.60. The molecule has 0 heterocycles. The van der Waals surface area contributed by atoms with Gasteiger partial charge < -0.3 is 5.11 Å². The van der Waals surface area contributed by atoms with Crippen molar-refractivity contribution in [3.63, 3.8) is 0 Å². The van der Waals surface area contributed by atoms with Crippen LogP contribution in [0.15, 0.2) is 60.7 Å². The number of sulfonamides is 1. The van der Waals surface area contributed by atoms with E-state index in [1.54, 1.807) is 30.3 Å². The number of hydrogen-bond acceptors (Lipinski definition) is 3. The predicted molar refractivity (Wildman–Crippen MR) is 126 cm³/mol. The standard InChI is InChI=1S/C25H29NO4S/c1-18(2)19-12-14-22-20(17-24(25(27)28)23(22)15-13-19)9-5-4-8-16-31(29,30)26-21-10-6-3-7-11-21/h3,6-7,10-15,17-18,26H,4-5,8-9,16H2,1-2H3,(H,27,28). The number of aromatic carboxylic acids is 1. The zero-order valence-corrected chi connectivity index (χ0v) is 18.8. The van der Waals surface area contributed by atoms with Gasteiger partial charge in [-0.3, -0.25) is 4.72 Å². The van der Waals surface area contributed by atoms with Gasteiger partial charge >= 0.3 is 5.97 Å². The maximum absolute atomic E-state index is 12.2. The quantitative estimate of drug-likeness (QED) is 0.393. The summed E-state index contributed by atoms with van der Waals surface area (Å²) in [5.74, 6) is -0.497. The molecule has 2 N–H and O–H groups in total. The second kappa shape index (κ2) is 9.96. The van der Waals surface area contributed by atoms with Crippen LogP contribution in [0.2, 0.25) is 0 Å². The zero-order chi connectivity index (χ0) is 22.4. The highest BCUT2D eigenvalue weighted by molar-refractivity contribution is 7.92. The number of aryl methyl sites for hydroxylation is 1. The average molecular weight is 440 g/mol. The first-order chi connectivity index (χ1) is 14.8. The van der Waals surface area contributed by atoms with Gasteiger partial charge in [0.05, 0.1) is 11.3 Å². The summed E-state index contributed by atoms with van der Waals surface area (Å²) in [6.45, 7) is 4.22. The van der Waals surface area contributed by atoms with Gasteiger partial charge in [-0.2, -0.15) is 0 Å². The fourth-order valence-corrected chi connectivity index (χ4v) is 4.91. The van der Waals surface area contributed by atoms with Gasteiger partial charge in [0.2, 0.25) is 10.0 Å². The van der Waals surface area contributed by atoms with Crippen molar-refractivity contribution < 1.29 is 18.3 Å². The number of carboxylic acids is 1. The first kappa shape index (κ1) is 22.8. The number of benzene rings is 1. The van der Waals surface area contributed by atoms with Crippen LogP contribution in [-0.2, 0) is 16.4 Å². The van der Waals surface area contributed by atoms with Crippen molar-refractivity contribution in [1.82, 2.24) is 0 Å². The van der Waals surface area contributed by atoms with E-state index in [0.717, 1.165) is 41.5 Å². The maximum atomic E-state index is 12.2. The van der Waals surface area contributed by atoms with Crippen LogP contribution in [0.5, 0.6) is 0 Å². The molecule has 2 aliphatic rings. The Labute approximate surface area is 184 Å². The maximum Gasteiger partial charge on any atom is 0.336 e. The van der Waals surface area contributed by atoms with Crippen LogP contribution in [0.1, 0.15) is 60.5 Å². The first-order valence-corrected chi connectivity index (χ1v) is 12.3. The van der Waals surface area contributed by atoms with Gasteiger partial charge in [-0.1, -0.05) is 62.7 Å². The van der Waals surface area contributed by atoms with Crippen molar-refractivity contribution in [3.8, 4) is 11.1 Å². The smallest absolute Gasteiger partial charge is 0.336 e. The van der Waals surface area contributed by atoms with Crippen molar-refractivity contribution in [2.75, 3.05) is 10.5 Å². The molecule has 0 bridgehead atoms. The number of carboxylic acid groups (broad SMARTS) is 1. The monoisotopic (exact) mass is 439 g/mol. The Morgan fingerprint density at radius 2 is 1.61 bits per heavy atom. The summed E-state index contributed by atoms with van der Waals surface area (Å²) in [5.41, 5.74) is 4.77. The van der Waals surface area contributed by atoms with E-state index in [2.05, 4.69) is 24.6 Å². The van der Waals surface area contributed by atoms with Crippen molar-refractivity contribution in [1.29, 1.82) is 0 Å². The molecule has 0 saturated heterocycles. The van der Waals surface area contributed by atoms with Crippen LogP contribution in [0.4, 0.5) is 5.69 Å². The lowest BCUT2D eigenvalue weighted by molar-refractivity contribution is 0.0698. The zero-order valence-electron chi connectivity index (χ0n) is 18.0. The fourth-order valence-electron chi connectivity index (χ4n) is 3.73. The summed E-state index contributed by atoms with van der Waals surface area (Å²) in [7, 11) is -3.37. The van der Waals surface area contributed by atoms with E-state index in [1.165, 1.54) is 0 Å². The van der Waals surface area contributed by atoms with E-state index in [1.807, 2.05) is 24.3 Å². The van der Waals surface area contributed by atoms with E-state index >= 15 is 0 Å². The Hall–Kier alpha value is -2.86. The number of rotatable bonds is 10. The van der Waals surface area contributed by atoms with E-state index in [-0.39, 0.29) is 5.75 Å². The Kier molecular flexibility index (Phi) is 7.33. The lowest BCUT2D eigenvalue weighted by Crippen LogP contribution is -2.16. The van der Waals surface area contributed by atoms with Gasteiger partial charge in [0.25, 0.3) is 0 Å². The topological polar surface area (TPSA) is 83.5 Å². The predicted octanol–water partition coefficient (Wildman–Crippen LogP) is 5.77. The SMILES string of the molecule is CC(C)c1ccc2c(CCCCCS(=O)(=O)Nc3ccccc3)cc(C(=O)O)c-2cc1. The summed E-state index contributed by atoms with van der Waals surface area (Å²) in [4.78, 5) is 11.7. The summed E-state index contributed by atoms with van der Waals surface area (Å²) >= 11 is 0. The highest BCUT2D eigenvalue weighted by Crippen LogP contribution is 2.34. The minimum Gasteiger partial charge on any atom is -0.478 e. The van der Waals surface area contributed by atoms with Crippen molar-refractivity contribution in [2.45, 2.75) is 45.4 Å². The normalized spacial score (nSPS) is 11.7. The summed E-state index contributed by atoms with van der Waals surface area (Å²) in [6, 6.07) is 18.6. The summed E-state index contributed by atoms with van der Waals surface area (Å²) in [6.07, 6.45) is 2.82. The molecule has 2 aliphatic carbocycles. The van der Waals surface area contributed by atoms with Crippen LogP contribution in [0, 0.1) is 0 Å². The van der Waals surface area contributed by atoms with Gasteiger partial charge in [-0.05, 0) is 65.6 Å². The lowest BCUT2D eigenvalue weighted by atomic mass is 10.0. The van der Waals surface area contributed by atoms with E-state index < -0.39 is 16.0 Å². The number of unbranched alkanes of at least 4 members (excludes halogenated alkanes) is 2. The van der Waals surface area contributed by atoms with Crippen molar-refractivity contribution >= 4 is 21.7 Å². The molecule has 0 aliphatic heterocycles. The van der Waals surface area contributed by atoms with Gasteiger partial charge in [0.1, 0.15) is 0 Å². The molecule has 0 amide bonds. The molecule has 0 fully saturated rings. The van der Waals surface area contributed by atoms with Crippen molar-refractivity contribution in [3.05, 3.63) is 77.4 Å². The first-order valence-electron chi connectivity index (χ1n) is 10.6. The number of fused-ring (bicyclic) bond motifs is 1. The molecule has 0 saturated carbocycles. The molecule has 6 heteroatoms. The average Bonchev–Trinajstić information content (AvgIpc) is 2.90. The summed E-state index contributed by atoms with van der Waals surface area (Å²) < 4.78 is 27.1. The van der Waals surface area contributed by atoms with Crippen LogP contribution in [-0.4, -0.2) is 25.2 Å². The molecule has 3 rings (SSSR count). The minimum absolute atomic E-state index is 0.0662. The number of carbonyl (C=O) groups is 1. The molecule has 0 radical (unpaired) electrons. The van der Waals surface area contributed by atoms with E-state index in [0.29, 0.717) is 23.6 Å². The molecule has 0 unspecified atom stereocenters. The molecule has 164 valence electrons. The third-order valence-corrected chi connectivity index (χ3v) is 6.81. The second-order valence-corrected chi connectivity index (χ2v) is 9.98. The van der Waals surface area contributed by atoms with Crippen molar-refractivity contribution in [2.24, 2.45) is 0 Å². The molecule has 31 heavy (non-hydrogen) atoms. The van der Waals surface area contributed by atoms with Gasteiger partial charge in [0, 0.05) is 5.69 Å². The highest BCUT2D eigenvalue weighted by atomic mass is 32.2. The molecule has 1 aromatic rings. The molecular weight excluding hydrogens is 410 g/mol. The molecule has 0 spiro atoms. The molecule has 1 aromatic carbocycles. The molecule has 0 aromatic heterocycles. The Bertz CT molecular complexity index is 1110. The molecule has 5 nitrogen and oxygen atoms in total. The Morgan fingerprint density at radius 3 is 2.26 bits per heavy atom. The molecule has 0 atom stereocenters. The largest absolute Gasteiger partial charge is 0.478 e. The number of hydrogen-bond donors (Lipinski definition) is 2. The van der Waals surface area contributed by atoms with Gasteiger partial charge in [0.15, 0.2) is 0 Å². The number of nitrogens with one attached hydrogen (secondary N) is 1. The third kappa shape index (κ3) is 6.07. The van der Waals surface area contributed by atoms with Crippen LogP contribution >= 0.6 is 0 Å². The number of anilines is 1. The van der Waals surface area contributed by atoms with Crippen LogP contribution in [0.25, 0.3) is 11.1 Å².